The van der Waals surface area contributed by atoms with Gasteiger partial charge in [-0.25, -0.2) is 0 Å². The van der Waals surface area contributed by atoms with Crippen LogP contribution in [0.1, 0.15) is 26.2 Å². The highest BCUT2D eigenvalue weighted by atomic mass is 32.2. The van der Waals surface area contributed by atoms with Gasteiger partial charge in [0.15, 0.2) is 5.84 Å². The number of oxime groups is 1. The van der Waals surface area contributed by atoms with Gasteiger partial charge in [-0.1, -0.05) is 12.1 Å². The number of nitrogens with one attached hydrogen (secondary N) is 2. The third-order valence-corrected chi connectivity index (χ3v) is 3.32. The van der Waals surface area contributed by atoms with Crippen molar-refractivity contribution in [3.05, 3.63) is 0 Å². The van der Waals surface area contributed by atoms with E-state index in [0.29, 0.717) is 6.42 Å². The molecule has 0 aromatic carbocycles. The highest BCUT2D eigenvalue weighted by Gasteiger charge is 2.28. The maximum atomic E-state index is 11.5. The molecule has 1 saturated carbocycles. The van der Waals surface area contributed by atoms with Gasteiger partial charge in [-0.15, -0.1) is 0 Å². The molecule has 0 aliphatic heterocycles. The van der Waals surface area contributed by atoms with Crippen molar-refractivity contribution in [2.45, 2.75) is 38.3 Å². The molecule has 7 nitrogen and oxygen atoms in total. The van der Waals surface area contributed by atoms with Gasteiger partial charge in [0, 0.05) is 6.04 Å². The van der Waals surface area contributed by atoms with Gasteiger partial charge in [-0.2, -0.15) is 17.9 Å². The lowest BCUT2D eigenvalue weighted by atomic mass is 10.2. The Balaban J connectivity index is 2.56. The third-order valence-electron chi connectivity index (χ3n) is 2.08. The second-order valence-corrected chi connectivity index (χ2v) is 4.98. The Morgan fingerprint density at radius 1 is 1.67 bits per heavy atom. The Morgan fingerprint density at radius 2 is 2.27 bits per heavy atom. The molecule has 5 N–H and O–H groups in total. The maximum Gasteiger partial charge on any atom is 0.277 e. The van der Waals surface area contributed by atoms with E-state index in [1.54, 1.807) is 6.92 Å². The molecule has 0 bridgehead atoms. The first kappa shape index (κ1) is 12.2. The Morgan fingerprint density at radius 3 is 2.67 bits per heavy atom. The van der Waals surface area contributed by atoms with E-state index in [-0.39, 0.29) is 11.9 Å². The maximum absolute atomic E-state index is 11.5. The number of hydrogen-bond donors (Lipinski definition) is 4. The highest BCUT2D eigenvalue weighted by Crippen LogP contribution is 2.19. The molecule has 0 heterocycles. The molecule has 1 aliphatic carbocycles. The minimum Gasteiger partial charge on any atom is -0.409 e. The molecule has 0 amide bonds. The van der Waals surface area contributed by atoms with Gasteiger partial charge in [-0.3, -0.25) is 0 Å². The first-order valence-corrected chi connectivity index (χ1v) is 6.23. The molecular weight excluding hydrogens is 220 g/mol. The molecule has 1 aliphatic rings. The SMILES string of the molecule is CCC(NS(=O)(=O)NC1CC1)C(N)=NO. The monoisotopic (exact) mass is 236 g/mol. The van der Waals surface area contributed by atoms with Gasteiger partial charge in [0.25, 0.3) is 10.2 Å². The van der Waals surface area contributed by atoms with E-state index in [9.17, 15) is 8.42 Å². The van der Waals surface area contributed by atoms with Crippen molar-refractivity contribution in [2.24, 2.45) is 10.9 Å². The molecule has 15 heavy (non-hydrogen) atoms. The lowest BCUT2D eigenvalue weighted by molar-refractivity contribution is 0.315. The van der Waals surface area contributed by atoms with E-state index in [0.717, 1.165) is 12.8 Å². The summed E-state index contributed by atoms with van der Waals surface area (Å²) in [7, 11) is -3.56. The lowest BCUT2D eigenvalue weighted by Crippen LogP contribution is -2.49. The summed E-state index contributed by atoms with van der Waals surface area (Å²) < 4.78 is 27.7. The number of amidine groups is 1. The van der Waals surface area contributed by atoms with Gasteiger partial charge in [0.05, 0.1) is 6.04 Å². The fourth-order valence-corrected chi connectivity index (χ4v) is 2.47. The van der Waals surface area contributed by atoms with Gasteiger partial charge in [-0.05, 0) is 19.3 Å². The average molecular weight is 236 g/mol. The Kier molecular flexibility index (Phi) is 3.89. The van der Waals surface area contributed by atoms with Gasteiger partial charge in [0.1, 0.15) is 0 Å². The molecule has 0 aromatic heterocycles. The van der Waals surface area contributed by atoms with Gasteiger partial charge >= 0.3 is 0 Å². The molecule has 1 unspecified atom stereocenters. The second kappa shape index (κ2) is 4.77. The van der Waals surface area contributed by atoms with Crippen LogP contribution in [0.15, 0.2) is 5.16 Å². The number of rotatable bonds is 6. The summed E-state index contributed by atoms with van der Waals surface area (Å²) in [5.74, 6) is -0.140. The fourth-order valence-electron chi connectivity index (χ4n) is 1.06. The van der Waals surface area contributed by atoms with Gasteiger partial charge in [0.2, 0.25) is 0 Å². The molecular formula is C7H16N4O3S. The van der Waals surface area contributed by atoms with E-state index < -0.39 is 16.3 Å². The highest BCUT2D eigenvalue weighted by molar-refractivity contribution is 7.87. The summed E-state index contributed by atoms with van der Waals surface area (Å²) >= 11 is 0. The molecule has 1 fully saturated rings. The molecule has 1 atom stereocenters. The molecule has 0 saturated heterocycles. The summed E-state index contributed by atoms with van der Waals surface area (Å²) in [5.41, 5.74) is 5.33. The van der Waals surface area contributed by atoms with Crippen LogP contribution in [0.5, 0.6) is 0 Å². The zero-order valence-electron chi connectivity index (χ0n) is 8.47. The molecule has 88 valence electrons. The van der Waals surface area contributed by atoms with E-state index >= 15 is 0 Å². The van der Waals surface area contributed by atoms with Crippen LogP contribution in [0.25, 0.3) is 0 Å². The molecule has 0 aromatic rings. The summed E-state index contributed by atoms with van der Waals surface area (Å²) in [6.07, 6.45) is 2.14. The average Bonchev–Trinajstić information content (AvgIpc) is 2.96. The van der Waals surface area contributed by atoms with Crippen molar-refractivity contribution in [2.75, 3.05) is 0 Å². The number of nitrogens with zero attached hydrogens (tertiary/aromatic N) is 1. The smallest absolute Gasteiger partial charge is 0.277 e. The van der Waals surface area contributed by atoms with Crippen LogP contribution in [-0.2, 0) is 10.2 Å². The summed E-state index contributed by atoms with van der Waals surface area (Å²) in [4.78, 5) is 0. The second-order valence-electron chi connectivity index (χ2n) is 3.50. The van der Waals surface area contributed by atoms with Crippen molar-refractivity contribution in [1.82, 2.24) is 9.44 Å². The molecule has 0 radical (unpaired) electrons. The Bertz CT molecular complexity index is 336. The first-order chi connectivity index (χ1) is 6.98. The van der Waals surface area contributed by atoms with E-state index in [1.807, 2.05) is 0 Å². The van der Waals surface area contributed by atoms with Crippen molar-refractivity contribution in [1.29, 1.82) is 0 Å². The minimum absolute atomic E-state index is 0.0345. The lowest BCUT2D eigenvalue weighted by Gasteiger charge is -2.15. The summed E-state index contributed by atoms with van der Waals surface area (Å²) in [6.45, 7) is 1.74. The van der Waals surface area contributed by atoms with Gasteiger partial charge < -0.3 is 10.9 Å². The first-order valence-electron chi connectivity index (χ1n) is 4.75. The van der Waals surface area contributed by atoms with Crippen LogP contribution in [0.3, 0.4) is 0 Å². The summed E-state index contributed by atoms with van der Waals surface area (Å²) in [6, 6.07) is -0.640. The van der Waals surface area contributed by atoms with Crippen molar-refractivity contribution >= 4 is 16.0 Å². The fraction of sp³-hybridized carbons (Fsp3) is 0.857. The summed E-state index contributed by atoms with van der Waals surface area (Å²) in [5, 5.41) is 11.2. The Hall–Kier alpha value is -0.860. The van der Waals surface area contributed by atoms with E-state index in [2.05, 4.69) is 14.6 Å². The van der Waals surface area contributed by atoms with Crippen LogP contribution in [0.4, 0.5) is 0 Å². The number of hydrogen-bond acceptors (Lipinski definition) is 4. The largest absolute Gasteiger partial charge is 0.409 e. The predicted molar refractivity (Wildman–Crippen MR) is 55.7 cm³/mol. The molecule has 1 rings (SSSR count). The quantitative estimate of drug-likeness (QED) is 0.207. The van der Waals surface area contributed by atoms with Crippen LogP contribution >= 0.6 is 0 Å². The topological polar surface area (TPSA) is 117 Å². The Labute approximate surface area is 88.9 Å². The molecule has 8 heteroatoms. The minimum atomic E-state index is -3.56. The zero-order valence-corrected chi connectivity index (χ0v) is 9.29. The standard InChI is InChI=1S/C7H16N4O3S/c1-2-6(7(8)9-12)11-15(13,14)10-5-3-4-5/h5-6,10-12H,2-4H2,1H3,(H2,8,9). The van der Waals surface area contributed by atoms with Crippen molar-refractivity contribution < 1.29 is 13.6 Å². The predicted octanol–water partition coefficient (Wildman–Crippen LogP) is -0.902. The number of nitrogens with two attached hydrogens (primary N) is 1. The molecule has 0 spiro atoms. The third kappa shape index (κ3) is 4.02. The normalized spacial score (nSPS) is 20.2. The van der Waals surface area contributed by atoms with Crippen LogP contribution in [0, 0.1) is 0 Å². The zero-order chi connectivity index (χ0) is 11.5. The van der Waals surface area contributed by atoms with Crippen molar-refractivity contribution in [3.63, 3.8) is 0 Å². The van der Waals surface area contributed by atoms with Crippen LogP contribution < -0.4 is 15.2 Å². The van der Waals surface area contributed by atoms with Crippen LogP contribution in [0.2, 0.25) is 0 Å². The van der Waals surface area contributed by atoms with Crippen LogP contribution in [-0.4, -0.2) is 31.5 Å². The van der Waals surface area contributed by atoms with E-state index in [4.69, 9.17) is 10.9 Å². The van der Waals surface area contributed by atoms with Crippen molar-refractivity contribution in [3.8, 4) is 0 Å². The van der Waals surface area contributed by atoms with E-state index in [1.165, 1.54) is 0 Å².